The molecule has 1 aliphatic heterocycles. The van der Waals surface area contributed by atoms with Crippen LogP contribution in [0.5, 0.6) is 5.88 Å². The quantitative estimate of drug-likeness (QED) is 0.560. The zero-order valence-electron chi connectivity index (χ0n) is 13.3. The SMILES string of the molecule is CCCO/N=C1\C(c2c(O)[nH]c3ccccc23)=Nc2ccccc21. The molecule has 0 bridgehead atoms. The van der Waals surface area contributed by atoms with Crippen LogP contribution in [0.4, 0.5) is 5.69 Å². The maximum Gasteiger partial charge on any atom is 0.199 e. The van der Waals surface area contributed by atoms with Crippen LogP contribution in [0.3, 0.4) is 0 Å². The first-order valence-corrected chi connectivity index (χ1v) is 7.98. The van der Waals surface area contributed by atoms with E-state index in [0.29, 0.717) is 23.6 Å². The standard InChI is InChI=1S/C19H17N3O2/c1-2-11-24-22-17-13-8-4-6-10-15(13)20-18(17)16-12-7-3-5-9-14(12)21-19(16)23/h3-10,21,23H,2,11H2,1H3/b22-17-. The molecular formula is C19H17N3O2. The summed E-state index contributed by atoms with van der Waals surface area (Å²) in [5.41, 5.74) is 4.53. The summed E-state index contributed by atoms with van der Waals surface area (Å²) in [7, 11) is 0. The van der Waals surface area contributed by atoms with Crippen LogP contribution in [0.2, 0.25) is 0 Å². The van der Waals surface area contributed by atoms with Gasteiger partial charge in [0.05, 0.1) is 11.3 Å². The van der Waals surface area contributed by atoms with Gasteiger partial charge in [0, 0.05) is 16.5 Å². The van der Waals surface area contributed by atoms with Crippen LogP contribution in [-0.4, -0.2) is 28.1 Å². The number of H-pyrrole nitrogens is 1. The van der Waals surface area contributed by atoms with E-state index in [1.165, 1.54) is 0 Å². The van der Waals surface area contributed by atoms with Crippen molar-refractivity contribution in [1.82, 2.24) is 4.98 Å². The van der Waals surface area contributed by atoms with Crippen LogP contribution in [-0.2, 0) is 4.84 Å². The Bertz CT molecular complexity index is 970. The second kappa shape index (κ2) is 5.85. The van der Waals surface area contributed by atoms with Crippen LogP contribution in [0.1, 0.15) is 24.5 Å². The van der Waals surface area contributed by atoms with Crippen LogP contribution in [0.25, 0.3) is 10.9 Å². The maximum atomic E-state index is 10.4. The first-order valence-electron chi connectivity index (χ1n) is 7.98. The third kappa shape index (κ3) is 2.25. The largest absolute Gasteiger partial charge is 0.494 e. The van der Waals surface area contributed by atoms with Gasteiger partial charge < -0.3 is 14.9 Å². The van der Waals surface area contributed by atoms with E-state index in [1.807, 2.05) is 55.5 Å². The van der Waals surface area contributed by atoms with Gasteiger partial charge in [0.25, 0.3) is 0 Å². The highest BCUT2D eigenvalue weighted by atomic mass is 16.6. The number of benzene rings is 2. The number of oxime groups is 1. The maximum absolute atomic E-state index is 10.4. The molecule has 4 rings (SSSR count). The fraction of sp³-hybridized carbons (Fsp3) is 0.158. The van der Waals surface area contributed by atoms with Crippen molar-refractivity contribution in [3.8, 4) is 5.88 Å². The number of aliphatic imine (C=N–C) groups is 1. The lowest BCUT2D eigenvalue weighted by molar-refractivity contribution is 0.146. The number of nitrogens with zero attached hydrogens (tertiary/aromatic N) is 2. The number of aromatic nitrogens is 1. The fourth-order valence-electron chi connectivity index (χ4n) is 2.91. The molecule has 3 aromatic rings. The Morgan fingerprint density at radius 1 is 1.12 bits per heavy atom. The Morgan fingerprint density at radius 2 is 1.92 bits per heavy atom. The van der Waals surface area contributed by atoms with Crippen LogP contribution in [0.15, 0.2) is 58.7 Å². The molecule has 0 aliphatic carbocycles. The minimum absolute atomic E-state index is 0.0888. The van der Waals surface area contributed by atoms with Gasteiger partial charge in [-0.3, -0.25) is 0 Å². The number of aromatic hydroxyl groups is 1. The first-order chi connectivity index (χ1) is 11.8. The third-order valence-corrected chi connectivity index (χ3v) is 3.99. The average molecular weight is 319 g/mol. The highest BCUT2D eigenvalue weighted by Gasteiger charge is 2.28. The van der Waals surface area contributed by atoms with Crippen LogP contribution < -0.4 is 0 Å². The fourth-order valence-corrected chi connectivity index (χ4v) is 2.91. The summed E-state index contributed by atoms with van der Waals surface area (Å²) in [5, 5.41) is 15.6. The molecule has 0 spiro atoms. The minimum atomic E-state index is 0.0888. The Hall–Kier alpha value is -3.08. The van der Waals surface area contributed by atoms with E-state index in [2.05, 4.69) is 10.1 Å². The molecule has 0 fully saturated rings. The van der Waals surface area contributed by atoms with E-state index in [-0.39, 0.29) is 5.88 Å². The first kappa shape index (κ1) is 14.5. The van der Waals surface area contributed by atoms with Gasteiger partial charge in [0.15, 0.2) is 5.88 Å². The topological polar surface area (TPSA) is 70.0 Å². The van der Waals surface area contributed by atoms with Gasteiger partial charge in [0.2, 0.25) is 0 Å². The lowest BCUT2D eigenvalue weighted by Crippen LogP contribution is -2.13. The van der Waals surface area contributed by atoms with Gasteiger partial charge in [-0.1, -0.05) is 48.5 Å². The van der Waals surface area contributed by atoms with Gasteiger partial charge in [-0.15, -0.1) is 0 Å². The Morgan fingerprint density at radius 3 is 2.79 bits per heavy atom. The van der Waals surface area contributed by atoms with Crippen molar-refractivity contribution in [2.24, 2.45) is 10.1 Å². The van der Waals surface area contributed by atoms with E-state index in [9.17, 15) is 5.11 Å². The summed E-state index contributed by atoms with van der Waals surface area (Å²) >= 11 is 0. The molecule has 0 saturated carbocycles. The van der Waals surface area contributed by atoms with Crippen molar-refractivity contribution in [3.05, 3.63) is 59.7 Å². The molecule has 0 saturated heterocycles. The van der Waals surface area contributed by atoms with Crippen molar-refractivity contribution in [2.45, 2.75) is 13.3 Å². The zero-order chi connectivity index (χ0) is 16.5. The van der Waals surface area contributed by atoms with Gasteiger partial charge in [-0.2, -0.15) is 0 Å². The second-order valence-electron chi connectivity index (χ2n) is 5.64. The molecule has 1 aromatic heterocycles. The number of para-hydroxylation sites is 2. The van der Waals surface area contributed by atoms with Gasteiger partial charge >= 0.3 is 0 Å². The van der Waals surface area contributed by atoms with Crippen LogP contribution >= 0.6 is 0 Å². The summed E-state index contributed by atoms with van der Waals surface area (Å²) in [5.74, 6) is 0.0888. The van der Waals surface area contributed by atoms with E-state index in [0.717, 1.165) is 28.6 Å². The summed E-state index contributed by atoms with van der Waals surface area (Å²) in [6, 6.07) is 15.5. The molecule has 0 amide bonds. The van der Waals surface area contributed by atoms with Crippen molar-refractivity contribution >= 4 is 28.0 Å². The highest BCUT2D eigenvalue weighted by molar-refractivity contribution is 6.58. The lowest BCUT2D eigenvalue weighted by Gasteiger charge is -2.04. The number of hydrogen-bond donors (Lipinski definition) is 2. The normalized spacial score (nSPS) is 14.9. The van der Waals surface area contributed by atoms with Crippen molar-refractivity contribution in [2.75, 3.05) is 6.61 Å². The predicted octanol–water partition coefficient (Wildman–Crippen LogP) is 4.14. The molecular weight excluding hydrogens is 302 g/mol. The van der Waals surface area contributed by atoms with Gasteiger partial charge in [-0.25, -0.2) is 4.99 Å². The molecule has 120 valence electrons. The molecule has 2 aromatic carbocycles. The van der Waals surface area contributed by atoms with E-state index in [1.54, 1.807) is 0 Å². The monoisotopic (exact) mass is 319 g/mol. The second-order valence-corrected chi connectivity index (χ2v) is 5.64. The summed E-state index contributed by atoms with van der Waals surface area (Å²) in [6.07, 6.45) is 0.878. The predicted molar refractivity (Wildman–Crippen MR) is 95.4 cm³/mol. The summed E-state index contributed by atoms with van der Waals surface area (Å²) < 4.78 is 0. The van der Waals surface area contributed by atoms with Gasteiger partial charge in [-0.05, 0) is 18.6 Å². The molecule has 5 heteroatoms. The Labute approximate surface area is 139 Å². The molecule has 2 N–H and O–H groups in total. The molecule has 5 nitrogen and oxygen atoms in total. The molecule has 0 atom stereocenters. The average Bonchev–Trinajstić information content (AvgIpc) is 3.12. The molecule has 0 unspecified atom stereocenters. The number of hydrogen-bond acceptors (Lipinski definition) is 4. The molecule has 0 radical (unpaired) electrons. The third-order valence-electron chi connectivity index (χ3n) is 3.99. The number of rotatable bonds is 4. The lowest BCUT2D eigenvalue weighted by atomic mass is 10.0. The van der Waals surface area contributed by atoms with Crippen molar-refractivity contribution in [3.63, 3.8) is 0 Å². The van der Waals surface area contributed by atoms with E-state index >= 15 is 0 Å². The molecule has 2 heterocycles. The smallest absolute Gasteiger partial charge is 0.199 e. The van der Waals surface area contributed by atoms with Crippen molar-refractivity contribution in [1.29, 1.82) is 0 Å². The number of nitrogens with one attached hydrogen (secondary N) is 1. The number of fused-ring (bicyclic) bond motifs is 2. The minimum Gasteiger partial charge on any atom is -0.494 e. The van der Waals surface area contributed by atoms with Gasteiger partial charge in [0.1, 0.15) is 18.0 Å². The number of aromatic amines is 1. The highest BCUT2D eigenvalue weighted by Crippen LogP contribution is 2.35. The van der Waals surface area contributed by atoms with E-state index in [4.69, 9.17) is 9.83 Å². The Balaban J connectivity index is 1.89. The molecule has 24 heavy (non-hydrogen) atoms. The van der Waals surface area contributed by atoms with Crippen molar-refractivity contribution < 1.29 is 9.94 Å². The zero-order valence-corrected chi connectivity index (χ0v) is 13.3. The summed E-state index contributed by atoms with van der Waals surface area (Å²) in [6.45, 7) is 2.57. The molecule has 1 aliphatic rings. The van der Waals surface area contributed by atoms with Crippen LogP contribution in [0, 0.1) is 0 Å². The van der Waals surface area contributed by atoms with E-state index < -0.39 is 0 Å². The summed E-state index contributed by atoms with van der Waals surface area (Å²) in [4.78, 5) is 13.1. The Kier molecular flexibility index (Phi) is 3.54.